The molecule has 0 aliphatic heterocycles. The van der Waals surface area contributed by atoms with Crippen LogP contribution in [0.3, 0.4) is 0 Å². The van der Waals surface area contributed by atoms with E-state index >= 15 is 0 Å². The second-order valence-corrected chi connectivity index (χ2v) is 4.86. The van der Waals surface area contributed by atoms with E-state index in [-0.39, 0.29) is 11.8 Å². The molecule has 98 valence electrons. The summed E-state index contributed by atoms with van der Waals surface area (Å²) in [6.45, 7) is 12.5. The second-order valence-electron chi connectivity index (χ2n) is 4.86. The number of carbonyl (C=O) groups is 1. The zero-order valence-corrected chi connectivity index (χ0v) is 11.6. The topological polar surface area (TPSA) is 46.2 Å². The average Bonchev–Trinajstić information content (AvgIpc) is 2.28. The van der Waals surface area contributed by atoms with Crippen molar-refractivity contribution >= 4 is 6.26 Å². The van der Waals surface area contributed by atoms with Gasteiger partial charge in [-0.3, -0.25) is 0 Å². The molecule has 0 fully saturated rings. The van der Waals surface area contributed by atoms with Gasteiger partial charge in [0.25, 0.3) is 0 Å². The Morgan fingerprint density at radius 3 is 2.44 bits per heavy atom. The quantitative estimate of drug-likeness (QED) is 0.468. The number of aldehydes is 1. The molecule has 0 saturated carbocycles. The minimum atomic E-state index is -0.544. The number of hydrogen-bond acceptors (Lipinski definition) is 2. The predicted molar refractivity (Wildman–Crippen MR) is 70.1 cm³/mol. The van der Waals surface area contributed by atoms with Crippen molar-refractivity contribution in [2.75, 3.05) is 7.11 Å². The van der Waals surface area contributed by atoms with Crippen LogP contribution in [-0.4, -0.2) is 13.4 Å². The monoisotopic (exact) mass is 250 g/mol. The van der Waals surface area contributed by atoms with Gasteiger partial charge in [-0.1, -0.05) is 19.9 Å². The number of ether oxygens (including phenoxy) is 1. The molecule has 3 nitrogen and oxygen atoms in total. The van der Waals surface area contributed by atoms with Crippen LogP contribution >= 0.6 is 0 Å². The summed E-state index contributed by atoms with van der Waals surface area (Å²) in [6.07, 6.45) is -0.343. The Morgan fingerprint density at radius 2 is 2.00 bits per heavy atom. The first-order valence-corrected chi connectivity index (χ1v) is 5.63. The van der Waals surface area contributed by atoms with Crippen LogP contribution in [0.4, 0.5) is 0 Å². The van der Waals surface area contributed by atoms with Crippen LogP contribution in [0, 0.1) is 20.5 Å². The van der Waals surface area contributed by atoms with Gasteiger partial charge in [0.05, 0.1) is 7.11 Å². The fourth-order valence-corrected chi connectivity index (χ4v) is 2.23. The minimum absolute atomic E-state index is 0.202. The summed E-state index contributed by atoms with van der Waals surface area (Å²) in [5, 5.41) is 0. The van der Waals surface area contributed by atoms with Crippen LogP contribution in [0.25, 0.3) is 0 Å². The fraction of sp³-hybridized carbons (Fsp3) is 0.467. The van der Waals surface area contributed by atoms with Gasteiger partial charge >= 0.3 is 11.3 Å². The molecule has 0 radical (unpaired) electrons. The molecule has 0 heterocycles. The number of carbonyl (C=O) groups excluding carboxylic acids is 1. The van der Waals surface area contributed by atoms with Gasteiger partial charge in [0.2, 0.25) is 0 Å². The first-order chi connectivity index (χ1) is 8.77. The summed E-state index contributed by atoms with van der Waals surface area (Å²) < 4.78 is 20.0. The van der Waals surface area contributed by atoms with Gasteiger partial charge < -0.3 is 9.53 Å². The van der Waals surface area contributed by atoms with Crippen LogP contribution in [0.2, 0.25) is 0 Å². The zero-order chi connectivity index (χ0) is 15.2. The van der Waals surface area contributed by atoms with Crippen molar-refractivity contribution < 1.29 is 15.6 Å². The van der Waals surface area contributed by atoms with Gasteiger partial charge in [-0.25, -0.2) is 0 Å². The molecular formula is C15H20O3. The SMILES string of the molecule is [3H]C(=O)CC(C)(C)c1c(C)cc(C)cc1OC.[C-]#[O+]. The fourth-order valence-electron chi connectivity index (χ4n) is 2.23. The molecule has 0 aliphatic carbocycles. The van der Waals surface area contributed by atoms with Gasteiger partial charge in [0.1, 0.15) is 13.4 Å². The van der Waals surface area contributed by atoms with Gasteiger partial charge in [0.15, 0.2) is 0 Å². The normalized spacial score (nSPS) is 10.9. The maximum absolute atomic E-state index is 11.0. The van der Waals surface area contributed by atoms with Crippen molar-refractivity contribution in [3.05, 3.63) is 35.5 Å². The van der Waals surface area contributed by atoms with E-state index in [1.54, 1.807) is 7.11 Å². The van der Waals surface area contributed by atoms with Crippen molar-refractivity contribution in [1.82, 2.24) is 0 Å². The van der Waals surface area contributed by atoms with Crippen LogP contribution in [-0.2, 0) is 14.9 Å². The molecule has 0 spiro atoms. The Morgan fingerprint density at radius 1 is 1.44 bits per heavy atom. The zero-order valence-electron chi connectivity index (χ0n) is 12.6. The van der Waals surface area contributed by atoms with Crippen LogP contribution in [0.5, 0.6) is 5.75 Å². The van der Waals surface area contributed by atoms with E-state index in [1.165, 1.54) is 0 Å². The molecular weight excluding hydrogens is 228 g/mol. The molecule has 0 saturated heterocycles. The van der Waals surface area contributed by atoms with Gasteiger partial charge in [0, 0.05) is 17.4 Å². The Labute approximate surface area is 110 Å². The van der Waals surface area contributed by atoms with Gasteiger partial charge in [-0.05, 0) is 31.0 Å². The molecule has 0 unspecified atom stereocenters. The van der Waals surface area contributed by atoms with E-state index in [0.717, 1.165) is 22.4 Å². The van der Waals surface area contributed by atoms with E-state index in [1.807, 2.05) is 33.8 Å². The maximum atomic E-state index is 11.0. The number of hydrogen-bond donors (Lipinski definition) is 0. The third-order valence-corrected chi connectivity index (χ3v) is 2.85. The summed E-state index contributed by atoms with van der Waals surface area (Å²) in [5.41, 5.74) is 2.89. The molecule has 0 aromatic heterocycles. The van der Waals surface area contributed by atoms with Crippen LogP contribution < -0.4 is 4.74 Å². The van der Waals surface area contributed by atoms with Gasteiger partial charge in [-0.2, -0.15) is 0 Å². The summed E-state index contributed by atoms with van der Waals surface area (Å²) in [5.74, 6) is 0.800. The number of rotatable bonds is 4. The molecule has 1 aromatic carbocycles. The standard InChI is InChI=1S/C14H20O2.CO/c1-10-8-11(2)13(12(9-10)16-5)14(3,4)6-7-15;1-2/h7-9H,6H2,1-5H3;/i7T;. The number of benzene rings is 1. The molecule has 1 aromatic rings. The first kappa shape index (κ1) is 14.5. The number of aryl methyl sites for hydroxylation is 2. The average molecular weight is 250 g/mol. The van der Waals surface area contributed by atoms with E-state index in [4.69, 9.17) is 10.8 Å². The molecule has 1 rings (SSSR count). The Kier molecular flexibility index (Phi) is 5.63. The molecule has 0 aliphatic rings. The molecule has 18 heavy (non-hydrogen) atoms. The Hall–Kier alpha value is -1.57. The van der Waals surface area contributed by atoms with Crippen LogP contribution in [0.1, 0.15) is 38.3 Å². The van der Waals surface area contributed by atoms with Gasteiger partial charge in [-0.15, -0.1) is 0 Å². The van der Waals surface area contributed by atoms with Crippen molar-refractivity contribution in [2.24, 2.45) is 0 Å². The number of methoxy groups -OCH3 is 1. The second kappa shape index (κ2) is 7.00. The molecule has 0 bridgehead atoms. The summed E-state index contributed by atoms with van der Waals surface area (Å²) >= 11 is 0. The summed E-state index contributed by atoms with van der Waals surface area (Å²) in [4.78, 5) is 11.0. The molecule has 0 amide bonds. The van der Waals surface area contributed by atoms with Crippen molar-refractivity contribution in [2.45, 2.75) is 39.5 Å². The third-order valence-electron chi connectivity index (χ3n) is 2.85. The predicted octanol–water partition coefficient (Wildman–Crippen LogP) is 3.14. The third kappa shape index (κ3) is 3.73. The Bertz CT molecular complexity index is 476. The van der Waals surface area contributed by atoms with E-state index in [9.17, 15) is 4.79 Å². The summed E-state index contributed by atoms with van der Waals surface area (Å²) in [7, 11) is 1.64. The van der Waals surface area contributed by atoms with E-state index < -0.39 is 6.26 Å². The first-order valence-electron chi connectivity index (χ1n) is 6.13. The molecule has 0 atom stereocenters. The molecule has 0 N–H and O–H groups in total. The summed E-state index contributed by atoms with van der Waals surface area (Å²) in [6, 6.07) is 4.05. The Balaban J connectivity index is 0.00000154. The van der Waals surface area contributed by atoms with Crippen molar-refractivity contribution in [3.8, 4) is 5.75 Å². The van der Waals surface area contributed by atoms with E-state index in [2.05, 4.69) is 12.7 Å². The van der Waals surface area contributed by atoms with Crippen molar-refractivity contribution in [3.63, 3.8) is 0 Å². The van der Waals surface area contributed by atoms with E-state index in [0.29, 0.717) is 0 Å². The van der Waals surface area contributed by atoms with Crippen LogP contribution in [0.15, 0.2) is 12.1 Å². The molecule has 3 heteroatoms. The van der Waals surface area contributed by atoms with Crippen molar-refractivity contribution in [1.29, 1.82) is 0 Å².